The van der Waals surface area contributed by atoms with E-state index >= 15 is 0 Å². The average Bonchev–Trinajstić information content (AvgIpc) is 2.31. The topological polar surface area (TPSA) is 46.2 Å². The van der Waals surface area contributed by atoms with Gasteiger partial charge in [0.2, 0.25) is 0 Å². The molecule has 0 aromatic heterocycles. The molecule has 2 aliphatic rings. The van der Waals surface area contributed by atoms with E-state index in [2.05, 4.69) is 12.2 Å². The van der Waals surface area contributed by atoms with Crippen LogP contribution in [0.5, 0.6) is 0 Å². The van der Waals surface area contributed by atoms with Gasteiger partial charge in [-0.1, -0.05) is 6.92 Å². The Morgan fingerprint density at radius 1 is 1.15 bits per heavy atom. The second kappa shape index (κ2) is 3.24. The van der Waals surface area contributed by atoms with Gasteiger partial charge in [0.05, 0.1) is 11.5 Å². The fraction of sp³-hybridized carbons (Fsp3) is 1.00. The van der Waals surface area contributed by atoms with Gasteiger partial charge in [-0.25, -0.2) is 8.42 Å². The van der Waals surface area contributed by atoms with E-state index < -0.39 is 9.84 Å². The van der Waals surface area contributed by atoms with Gasteiger partial charge in [0, 0.05) is 12.1 Å². The second-order valence-corrected chi connectivity index (χ2v) is 6.71. The zero-order chi connectivity index (χ0) is 9.47. The Kier molecular flexibility index (Phi) is 2.36. The summed E-state index contributed by atoms with van der Waals surface area (Å²) >= 11 is 0. The fourth-order valence-electron chi connectivity index (χ4n) is 2.35. The molecule has 1 aliphatic carbocycles. The molecule has 2 atom stereocenters. The molecule has 3 nitrogen and oxygen atoms in total. The Labute approximate surface area is 79.8 Å². The fourth-order valence-corrected chi connectivity index (χ4v) is 3.67. The van der Waals surface area contributed by atoms with Crippen LogP contribution in [0.2, 0.25) is 0 Å². The van der Waals surface area contributed by atoms with E-state index in [-0.39, 0.29) is 6.04 Å². The van der Waals surface area contributed by atoms with Crippen molar-refractivity contribution < 1.29 is 8.42 Å². The monoisotopic (exact) mass is 203 g/mol. The van der Waals surface area contributed by atoms with Crippen molar-refractivity contribution >= 4 is 9.84 Å². The number of hydrogen-bond donors (Lipinski definition) is 1. The maximum atomic E-state index is 10.9. The molecule has 13 heavy (non-hydrogen) atoms. The van der Waals surface area contributed by atoms with Crippen molar-refractivity contribution in [1.29, 1.82) is 0 Å². The number of nitrogens with one attached hydrogen (secondary N) is 1. The van der Waals surface area contributed by atoms with E-state index in [4.69, 9.17) is 0 Å². The van der Waals surface area contributed by atoms with Crippen LogP contribution in [-0.2, 0) is 9.84 Å². The Bertz CT molecular complexity index is 274. The van der Waals surface area contributed by atoms with Gasteiger partial charge in [-0.05, 0) is 25.2 Å². The highest BCUT2D eigenvalue weighted by molar-refractivity contribution is 7.92. The van der Waals surface area contributed by atoms with E-state index in [1.807, 2.05) is 0 Å². The van der Waals surface area contributed by atoms with Crippen LogP contribution in [0.1, 0.15) is 26.2 Å². The first kappa shape index (κ1) is 9.46. The minimum atomic E-state index is -2.65. The highest BCUT2D eigenvalue weighted by Crippen LogP contribution is 2.26. The van der Waals surface area contributed by atoms with Crippen LogP contribution < -0.4 is 5.32 Å². The molecular weight excluding hydrogens is 186 g/mol. The molecular formula is C9H17NO2S. The molecule has 0 aromatic rings. The van der Waals surface area contributed by atoms with E-state index in [0.29, 0.717) is 17.5 Å². The van der Waals surface area contributed by atoms with Gasteiger partial charge in [0.25, 0.3) is 0 Å². The lowest BCUT2D eigenvalue weighted by molar-refractivity contribution is 0.435. The van der Waals surface area contributed by atoms with Gasteiger partial charge in [-0.15, -0.1) is 0 Å². The van der Waals surface area contributed by atoms with Gasteiger partial charge in [0.15, 0.2) is 9.84 Å². The van der Waals surface area contributed by atoms with Crippen LogP contribution in [-0.4, -0.2) is 32.0 Å². The van der Waals surface area contributed by atoms with Crippen LogP contribution in [0.15, 0.2) is 0 Å². The minimum absolute atomic E-state index is 0.250. The summed E-state index contributed by atoms with van der Waals surface area (Å²) in [6.07, 6.45) is 3.73. The van der Waals surface area contributed by atoms with Crippen molar-refractivity contribution in [1.82, 2.24) is 5.32 Å². The SMILES string of the molecule is CC1CCC(NC2CS(=O)(=O)C2)C1. The third-order valence-electron chi connectivity index (χ3n) is 3.08. The Balaban J connectivity index is 1.75. The largest absolute Gasteiger partial charge is 0.309 e. The lowest BCUT2D eigenvalue weighted by Gasteiger charge is -2.29. The summed E-state index contributed by atoms with van der Waals surface area (Å²) in [5, 5.41) is 3.42. The molecule has 76 valence electrons. The van der Waals surface area contributed by atoms with E-state index in [9.17, 15) is 8.42 Å². The average molecular weight is 203 g/mol. The molecule has 0 bridgehead atoms. The van der Waals surface area contributed by atoms with Gasteiger partial charge < -0.3 is 5.32 Å². The zero-order valence-corrected chi connectivity index (χ0v) is 8.81. The van der Waals surface area contributed by atoms with Crippen LogP contribution in [0.4, 0.5) is 0 Å². The number of sulfone groups is 1. The summed E-state index contributed by atoms with van der Waals surface area (Å²) in [6.45, 7) is 2.26. The molecule has 0 amide bonds. The molecule has 0 radical (unpaired) electrons. The van der Waals surface area contributed by atoms with Crippen molar-refractivity contribution in [2.24, 2.45) is 5.92 Å². The Morgan fingerprint density at radius 3 is 2.31 bits per heavy atom. The summed E-state index contributed by atoms with van der Waals surface area (Å²) in [6, 6.07) is 0.829. The first-order chi connectivity index (χ1) is 6.05. The van der Waals surface area contributed by atoms with Crippen LogP contribution in [0, 0.1) is 5.92 Å². The smallest absolute Gasteiger partial charge is 0.153 e. The van der Waals surface area contributed by atoms with E-state index in [0.717, 1.165) is 5.92 Å². The number of rotatable bonds is 2. The summed E-state index contributed by atoms with van der Waals surface area (Å²) in [7, 11) is -2.65. The predicted octanol–water partition coefficient (Wildman–Crippen LogP) is 0.562. The van der Waals surface area contributed by atoms with E-state index in [1.165, 1.54) is 19.3 Å². The summed E-state index contributed by atoms with van der Waals surface area (Å²) in [5.74, 6) is 1.53. The summed E-state index contributed by atoms with van der Waals surface area (Å²) in [4.78, 5) is 0. The van der Waals surface area contributed by atoms with Gasteiger partial charge in [-0.2, -0.15) is 0 Å². The lowest BCUT2D eigenvalue weighted by atomic mass is 10.1. The summed E-state index contributed by atoms with van der Waals surface area (Å²) in [5.41, 5.74) is 0. The van der Waals surface area contributed by atoms with Gasteiger partial charge in [0.1, 0.15) is 0 Å². The lowest BCUT2D eigenvalue weighted by Crippen LogP contribution is -2.53. The molecule has 2 rings (SSSR count). The molecule has 2 fully saturated rings. The van der Waals surface area contributed by atoms with Crippen LogP contribution in [0.25, 0.3) is 0 Å². The first-order valence-electron chi connectivity index (χ1n) is 5.01. The maximum Gasteiger partial charge on any atom is 0.153 e. The van der Waals surface area contributed by atoms with Crippen molar-refractivity contribution in [3.8, 4) is 0 Å². The molecule has 2 unspecified atom stereocenters. The summed E-state index contributed by atoms with van der Waals surface area (Å²) < 4.78 is 21.8. The highest BCUT2D eigenvalue weighted by atomic mass is 32.2. The Hall–Kier alpha value is -0.0900. The predicted molar refractivity (Wildman–Crippen MR) is 52.4 cm³/mol. The third-order valence-corrected chi connectivity index (χ3v) is 4.90. The highest BCUT2D eigenvalue weighted by Gasteiger charge is 2.35. The second-order valence-electron chi connectivity index (χ2n) is 4.56. The molecule has 0 spiro atoms. The first-order valence-corrected chi connectivity index (χ1v) is 6.84. The van der Waals surface area contributed by atoms with Crippen molar-refractivity contribution in [2.75, 3.05) is 11.5 Å². The normalized spacial score (nSPS) is 38.8. The molecule has 1 aliphatic heterocycles. The van der Waals surface area contributed by atoms with Crippen molar-refractivity contribution in [3.63, 3.8) is 0 Å². The molecule has 4 heteroatoms. The van der Waals surface area contributed by atoms with Crippen LogP contribution in [0.3, 0.4) is 0 Å². The van der Waals surface area contributed by atoms with Gasteiger partial charge in [-0.3, -0.25) is 0 Å². The maximum absolute atomic E-state index is 10.9. The van der Waals surface area contributed by atoms with Crippen molar-refractivity contribution in [2.45, 2.75) is 38.3 Å². The zero-order valence-electron chi connectivity index (χ0n) is 7.99. The minimum Gasteiger partial charge on any atom is -0.309 e. The van der Waals surface area contributed by atoms with Crippen molar-refractivity contribution in [3.05, 3.63) is 0 Å². The molecule has 0 aromatic carbocycles. The molecule has 1 N–H and O–H groups in total. The quantitative estimate of drug-likeness (QED) is 0.713. The van der Waals surface area contributed by atoms with Crippen LogP contribution >= 0.6 is 0 Å². The molecule has 1 heterocycles. The van der Waals surface area contributed by atoms with E-state index in [1.54, 1.807) is 0 Å². The molecule has 1 saturated heterocycles. The molecule has 1 saturated carbocycles. The standard InChI is InChI=1S/C9H17NO2S/c1-7-2-3-8(4-7)10-9-5-13(11,12)6-9/h7-10H,2-6H2,1H3. The van der Waals surface area contributed by atoms with Gasteiger partial charge >= 0.3 is 0 Å². The number of hydrogen-bond acceptors (Lipinski definition) is 3. The third kappa shape index (κ3) is 2.23. The Morgan fingerprint density at radius 2 is 1.85 bits per heavy atom.